The Bertz CT molecular complexity index is 556. The van der Waals surface area contributed by atoms with E-state index in [1.54, 1.807) is 11.8 Å². The number of pyridine rings is 2. The summed E-state index contributed by atoms with van der Waals surface area (Å²) >= 11 is 1.76. The fourth-order valence-electron chi connectivity index (χ4n) is 1.67. The number of aromatic nitrogens is 2. The minimum Gasteiger partial charge on any atom is -0.411 e. The predicted molar refractivity (Wildman–Crippen MR) is 79.6 cm³/mol. The van der Waals surface area contributed by atoms with Crippen LogP contribution in [0.5, 0.6) is 0 Å². The van der Waals surface area contributed by atoms with Crippen LogP contribution in [0.25, 0.3) is 0 Å². The monoisotopic (exact) mass is 304 g/mol. The molecule has 0 amide bonds. The Hall–Kier alpha value is -2.41. The average molecular weight is 304 g/mol. The third kappa shape index (κ3) is 4.88. The number of rotatable bonds is 6. The normalized spacial score (nSPS) is 11.4. The van der Waals surface area contributed by atoms with Crippen molar-refractivity contribution in [2.45, 2.75) is 11.8 Å². The molecule has 0 saturated carbocycles. The van der Waals surface area contributed by atoms with Gasteiger partial charge in [-0.25, -0.2) is 0 Å². The molecular weight excluding hydrogens is 288 g/mol. The summed E-state index contributed by atoms with van der Waals surface area (Å²) in [6, 6.07) is 7.54. The van der Waals surface area contributed by atoms with E-state index in [0.29, 0.717) is 0 Å². The van der Waals surface area contributed by atoms with Gasteiger partial charge in [0.25, 0.3) is 0 Å². The van der Waals surface area contributed by atoms with Gasteiger partial charge >= 0.3 is 0 Å². The van der Waals surface area contributed by atoms with Crippen LogP contribution in [0.2, 0.25) is 0 Å². The molecule has 6 nitrogen and oxygen atoms in total. The molecule has 0 spiro atoms. The van der Waals surface area contributed by atoms with Gasteiger partial charge in [-0.3, -0.25) is 0 Å². The van der Waals surface area contributed by atoms with Crippen molar-refractivity contribution < 1.29 is 19.5 Å². The largest absolute Gasteiger partial charge is 0.411 e. The summed E-state index contributed by atoms with van der Waals surface area (Å²) in [6.07, 6.45) is 10.5. The molecule has 2 heterocycles. The molecule has 2 N–H and O–H groups in total. The van der Waals surface area contributed by atoms with Gasteiger partial charge in [0.05, 0.1) is 12.4 Å². The van der Waals surface area contributed by atoms with E-state index < -0.39 is 0 Å². The highest BCUT2D eigenvalue weighted by atomic mass is 32.2. The van der Waals surface area contributed by atoms with Crippen molar-refractivity contribution in [3.63, 3.8) is 0 Å². The molecule has 0 bridgehead atoms. The second-order valence-corrected chi connectivity index (χ2v) is 5.17. The van der Waals surface area contributed by atoms with Gasteiger partial charge in [-0.1, -0.05) is 10.3 Å². The van der Waals surface area contributed by atoms with Crippen LogP contribution in [-0.4, -0.2) is 22.8 Å². The zero-order valence-electron chi connectivity index (χ0n) is 11.3. The smallest absolute Gasteiger partial charge is 0.200 e. The van der Waals surface area contributed by atoms with Gasteiger partial charge in [0.15, 0.2) is 36.5 Å². The zero-order chi connectivity index (χ0) is 14.9. The van der Waals surface area contributed by atoms with Crippen molar-refractivity contribution in [2.24, 2.45) is 10.3 Å². The van der Waals surface area contributed by atoms with Crippen molar-refractivity contribution in [3.8, 4) is 0 Å². The summed E-state index contributed by atoms with van der Waals surface area (Å²) < 4.78 is 4.10. The van der Waals surface area contributed by atoms with E-state index in [2.05, 4.69) is 10.3 Å². The number of hydrogen-bond donors (Lipinski definition) is 2. The van der Waals surface area contributed by atoms with E-state index in [4.69, 9.17) is 10.4 Å². The van der Waals surface area contributed by atoms with Gasteiger partial charge in [-0.05, 0) is 11.8 Å². The third-order valence-electron chi connectivity index (χ3n) is 2.73. The quantitative estimate of drug-likeness (QED) is 0.365. The topological polar surface area (TPSA) is 72.9 Å². The van der Waals surface area contributed by atoms with Gasteiger partial charge in [-0.2, -0.15) is 9.13 Å². The molecule has 0 unspecified atom stereocenters. The lowest BCUT2D eigenvalue weighted by molar-refractivity contribution is -0.686. The molecule has 0 aromatic carbocycles. The first-order valence-corrected chi connectivity index (χ1v) is 7.38. The standard InChI is InChI=1S/C14H14N4O2S/c19-15-9-13-1-5-17(6-2-13)11-21-12-18-7-3-14(4-8-18)10-16-20/h1-10H,11-12H2/p+2. The summed E-state index contributed by atoms with van der Waals surface area (Å²) in [5, 5.41) is 22.9. The summed E-state index contributed by atoms with van der Waals surface area (Å²) in [6.45, 7) is 0. The summed E-state index contributed by atoms with van der Waals surface area (Å²) in [5.41, 5.74) is 1.71. The highest BCUT2D eigenvalue weighted by Gasteiger charge is 2.05. The number of oxime groups is 2. The molecule has 0 aliphatic carbocycles. The fraction of sp³-hybridized carbons (Fsp3) is 0.143. The molecule has 0 saturated heterocycles. The molecule has 7 heteroatoms. The minimum atomic E-state index is 0.823. The molecule has 0 aliphatic heterocycles. The molecular formula is C14H16N4O2S+2. The van der Waals surface area contributed by atoms with Crippen LogP contribution < -0.4 is 9.13 Å². The molecule has 0 aliphatic rings. The number of nitrogens with zero attached hydrogens (tertiary/aromatic N) is 4. The van der Waals surface area contributed by atoms with E-state index in [1.807, 2.05) is 58.2 Å². The average Bonchev–Trinajstić information content (AvgIpc) is 2.51. The highest BCUT2D eigenvalue weighted by molar-refractivity contribution is 7.97. The van der Waals surface area contributed by atoms with Crippen LogP contribution in [-0.2, 0) is 11.8 Å². The maximum atomic E-state index is 8.44. The van der Waals surface area contributed by atoms with Gasteiger partial charge in [0.2, 0.25) is 0 Å². The van der Waals surface area contributed by atoms with Crippen LogP contribution in [0.15, 0.2) is 59.4 Å². The maximum absolute atomic E-state index is 8.44. The highest BCUT2D eigenvalue weighted by Crippen LogP contribution is 2.00. The fourth-order valence-corrected chi connectivity index (χ4v) is 2.51. The first-order valence-electron chi connectivity index (χ1n) is 6.22. The molecule has 108 valence electrons. The minimum absolute atomic E-state index is 0.823. The summed E-state index contributed by atoms with van der Waals surface area (Å²) in [7, 11) is 0. The molecule has 0 atom stereocenters. The molecule has 2 aromatic rings. The van der Waals surface area contributed by atoms with Crippen LogP contribution in [0.3, 0.4) is 0 Å². The molecule has 21 heavy (non-hydrogen) atoms. The van der Waals surface area contributed by atoms with E-state index >= 15 is 0 Å². The third-order valence-corrected chi connectivity index (χ3v) is 3.69. The van der Waals surface area contributed by atoms with E-state index in [-0.39, 0.29) is 0 Å². The number of hydrogen-bond acceptors (Lipinski definition) is 5. The molecule has 0 radical (unpaired) electrons. The first-order chi connectivity index (χ1) is 10.3. The lowest BCUT2D eigenvalue weighted by atomic mass is 10.3. The van der Waals surface area contributed by atoms with Gasteiger partial charge in [-0.15, -0.1) is 0 Å². The Morgan fingerprint density at radius 2 is 1.19 bits per heavy atom. The predicted octanol–water partition coefficient (Wildman–Crippen LogP) is 1.23. The van der Waals surface area contributed by atoms with Gasteiger partial charge in [0.1, 0.15) is 0 Å². The molecule has 2 rings (SSSR count). The van der Waals surface area contributed by atoms with Crippen LogP contribution in [0.4, 0.5) is 0 Å². The van der Waals surface area contributed by atoms with Crippen molar-refractivity contribution in [3.05, 3.63) is 60.2 Å². The molecule has 2 aromatic heterocycles. The maximum Gasteiger partial charge on any atom is 0.200 e. The first kappa shape index (κ1) is 15.0. The van der Waals surface area contributed by atoms with E-state index in [1.165, 1.54) is 12.4 Å². The Labute approximate surface area is 126 Å². The zero-order valence-corrected chi connectivity index (χ0v) is 12.1. The number of thioether (sulfide) groups is 1. The van der Waals surface area contributed by atoms with Crippen LogP contribution >= 0.6 is 11.8 Å². The van der Waals surface area contributed by atoms with Crippen molar-refractivity contribution in [1.29, 1.82) is 0 Å². The van der Waals surface area contributed by atoms with Crippen molar-refractivity contribution >= 4 is 24.2 Å². The van der Waals surface area contributed by atoms with Crippen LogP contribution in [0, 0.1) is 0 Å². The van der Waals surface area contributed by atoms with Gasteiger partial charge < -0.3 is 10.4 Å². The van der Waals surface area contributed by atoms with Gasteiger partial charge in [0, 0.05) is 35.4 Å². The second kappa shape index (κ2) is 8.01. The lowest BCUT2D eigenvalue weighted by Gasteiger charge is -1.97. The second-order valence-electron chi connectivity index (χ2n) is 4.24. The Kier molecular flexibility index (Phi) is 5.71. The van der Waals surface area contributed by atoms with Crippen LogP contribution in [0.1, 0.15) is 11.1 Å². The lowest BCUT2D eigenvalue weighted by Crippen LogP contribution is -2.35. The molecule has 0 fully saturated rings. The summed E-state index contributed by atoms with van der Waals surface area (Å²) in [5.74, 6) is 1.65. The van der Waals surface area contributed by atoms with E-state index in [9.17, 15) is 0 Å². The SMILES string of the molecule is ON=Cc1cc[n+](CSC[n+]2ccc(C=NO)cc2)cc1. The Morgan fingerprint density at radius 3 is 1.52 bits per heavy atom. The van der Waals surface area contributed by atoms with E-state index in [0.717, 1.165) is 22.9 Å². The van der Waals surface area contributed by atoms with Crippen molar-refractivity contribution in [2.75, 3.05) is 0 Å². The Morgan fingerprint density at radius 1 is 0.810 bits per heavy atom. The van der Waals surface area contributed by atoms with Crippen molar-refractivity contribution in [1.82, 2.24) is 0 Å². The Balaban J connectivity index is 1.83. The summed E-state index contributed by atoms with van der Waals surface area (Å²) in [4.78, 5) is 0.